The van der Waals surface area contributed by atoms with Gasteiger partial charge in [0, 0.05) is 4.88 Å². The lowest BCUT2D eigenvalue weighted by atomic mass is 10.1. The molecule has 4 rings (SSSR count). The molecule has 0 atom stereocenters. The molecule has 2 N–H and O–H groups in total. The van der Waals surface area contributed by atoms with Crippen molar-refractivity contribution < 1.29 is 27.1 Å². The number of nitrogens with one attached hydrogen (secondary N) is 2. The SMILES string of the molecule is COC(=O)c1sc(-c2ccccc2)cc1NC(=O)c1ccccc1NS(=O)(=O)c1ccc(F)cc1. The maximum Gasteiger partial charge on any atom is 0.350 e. The molecule has 0 saturated carbocycles. The van der Waals surface area contributed by atoms with Gasteiger partial charge in [-0.05, 0) is 48.0 Å². The fourth-order valence-electron chi connectivity index (χ4n) is 3.25. The molecule has 0 unspecified atom stereocenters. The number of para-hydroxylation sites is 1. The van der Waals surface area contributed by atoms with Crippen LogP contribution in [-0.4, -0.2) is 27.4 Å². The van der Waals surface area contributed by atoms with Gasteiger partial charge in [0.1, 0.15) is 10.7 Å². The van der Waals surface area contributed by atoms with Crippen molar-refractivity contribution in [3.63, 3.8) is 0 Å². The topological polar surface area (TPSA) is 102 Å². The van der Waals surface area contributed by atoms with E-state index in [0.717, 1.165) is 46.0 Å². The van der Waals surface area contributed by atoms with Crippen molar-refractivity contribution in [1.29, 1.82) is 0 Å². The molecule has 35 heavy (non-hydrogen) atoms. The summed E-state index contributed by atoms with van der Waals surface area (Å²) >= 11 is 1.16. The number of halogens is 1. The lowest BCUT2D eigenvalue weighted by Crippen LogP contribution is -2.19. The van der Waals surface area contributed by atoms with Crippen LogP contribution in [0.3, 0.4) is 0 Å². The minimum absolute atomic E-state index is 0.0208. The van der Waals surface area contributed by atoms with Crippen LogP contribution in [0.2, 0.25) is 0 Å². The number of rotatable bonds is 7. The molecule has 0 bridgehead atoms. The van der Waals surface area contributed by atoms with Crippen molar-refractivity contribution in [3.8, 4) is 10.4 Å². The van der Waals surface area contributed by atoms with Crippen LogP contribution < -0.4 is 10.0 Å². The highest BCUT2D eigenvalue weighted by molar-refractivity contribution is 7.92. The van der Waals surface area contributed by atoms with E-state index in [1.165, 1.54) is 19.2 Å². The van der Waals surface area contributed by atoms with Crippen LogP contribution in [0.1, 0.15) is 20.0 Å². The third kappa shape index (κ3) is 5.39. The second-order valence-electron chi connectivity index (χ2n) is 7.27. The third-order valence-corrected chi connectivity index (χ3v) is 7.49. The van der Waals surface area contributed by atoms with Gasteiger partial charge in [-0.15, -0.1) is 11.3 Å². The van der Waals surface area contributed by atoms with Gasteiger partial charge in [-0.1, -0.05) is 42.5 Å². The van der Waals surface area contributed by atoms with Gasteiger partial charge < -0.3 is 10.1 Å². The van der Waals surface area contributed by atoms with E-state index in [-0.39, 0.29) is 26.7 Å². The van der Waals surface area contributed by atoms with Gasteiger partial charge in [-0.2, -0.15) is 0 Å². The smallest absolute Gasteiger partial charge is 0.350 e. The summed E-state index contributed by atoms with van der Waals surface area (Å²) in [6, 6.07) is 21.3. The molecular weight excluding hydrogens is 491 g/mol. The van der Waals surface area contributed by atoms with Crippen LogP contribution in [0.25, 0.3) is 10.4 Å². The molecule has 0 aliphatic carbocycles. The largest absolute Gasteiger partial charge is 0.465 e. The van der Waals surface area contributed by atoms with E-state index in [0.29, 0.717) is 0 Å². The minimum Gasteiger partial charge on any atom is -0.465 e. The molecule has 7 nitrogen and oxygen atoms in total. The van der Waals surface area contributed by atoms with Gasteiger partial charge in [0.25, 0.3) is 15.9 Å². The van der Waals surface area contributed by atoms with E-state index in [1.807, 2.05) is 30.3 Å². The minimum atomic E-state index is -4.09. The number of amides is 1. The molecule has 0 radical (unpaired) electrons. The number of sulfonamides is 1. The normalized spacial score (nSPS) is 11.0. The Morgan fingerprint density at radius 3 is 2.23 bits per heavy atom. The summed E-state index contributed by atoms with van der Waals surface area (Å²) in [7, 11) is -2.84. The number of benzene rings is 3. The number of methoxy groups -OCH3 is 1. The predicted molar refractivity (Wildman–Crippen MR) is 133 cm³/mol. The molecule has 0 fully saturated rings. The van der Waals surface area contributed by atoms with Crippen molar-refractivity contribution in [2.24, 2.45) is 0 Å². The second-order valence-corrected chi connectivity index (χ2v) is 10.0. The molecule has 1 amide bonds. The van der Waals surface area contributed by atoms with E-state index in [4.69, 9.17) is 4.74 Å². The van der Waals surface area contributed by atoms with E-state index < -0.39 is 27.7 Å². The fourth-order valence-corrected chi connectivity index (χ4v) is 5.37. The van der Waals surface area contributed by atoms with Crippen molar-refractivity contribution in [1.82, 2.24) is 0 Å². The zero-order valence-electron chi connectivity index (χ0n) is 18.3. The summed E-state index contributed by atoms with van der Waals surface area (Å²) in [5, 5.41) is 2.69. The molecule has 178 valence electrons. The van der Waals surface area contributed by atoms with Crippen molar-refractivity contribution >= 4 is 44.6 Å². The average Bonchev–Trinajstić information content (AvgIpc) is 3.28. The lowest BCUT2D eigenvalue weighted by molar-refractivity contribution is 0.0607. The summed E-state index contributed by atoms with van der Waals surface area (Å²) in [6.07, 6.45) is 0. The quantitative estimate of drug-likeness (QED) is 0.325. The number of esters is 1. The summed E-state index contributed by atoms with van der Waals surface area (Å²) in [6.45, 7) is 0. The number of anilines is 2. The first kappa shape index (κ1) is 24.1. The van der Waals surface area contributed by atoms with Crippen molar-refractivity contribution in [2.45, 2.75) is 4.90 Å². The van der Waals surface area contributed by atoms with Gasteiger partial charge in [-0.25, -0.2) is 17.6 Å². The van der Waals surface area contributed by atoms with Gasteiger partial charge >= 0.3 is 5.97 Å². The van der Waals surface area contributed by atoms with Crippen LogP contribution in [-0.2, 0) is 14.8 Å². The highest BCUT2D eigenvalue weighted by Gasteiger charge is 2.23. The zero-order chi connectivity index (χ0) is 25.0. The second kappa shape index (κ2) is 10.1. The molecule has 4 aromatic rings. The maximum atomic E-state index is 13.2. The van der Waals surface area contributed by atoms with Gasteiger partial charge in [0.2, 0.25) is 0 Å². The maximum absolute atomic E-state index is 13.2. The van der Waals surface area contributed by atoms with Crippen LogP contribution in [0.15, 0.2) is 89.8 Å². The Labute approximate surface area is 205 Å². The molecule has 0 aliphatic rings. The van der Waals surface area contributed by atoms with Gasteiger partial charge in [-0.3, -0.25) is 9.52 Å². The number of carbonyl (C=O) groups excluding carboxylic acids is 2. The fraction of sp³-hybridized carbons (Fsp3) is 0.0400. The van der Waals surface area contributed by atoms with Crippen molar-refractivity contribution in [2.75, 3.05) is 17.1 Å². The third-order valence-electron chi connectivity index (χ3n) is 4.95. The molecule has 0 spiro atoms. The summed E-state index contributed by atoms with van der Waals surface area (Å²) in [5.74, 6) is -1.82. The molecule has 0 saturated heterocycles. The van der Waals surface area contributed by atoms with Crippen LogP contribution >= 0.6 is 11.3 Å². The van der Waals surface area contributed by atoms with E-state index in [1.54, 1.807) is 18.2 Å². The Morgan fingerprint density at radius 2 is 1.54 bits per heavy atom. The van der Waals surface area contributed by atoms with Crippen LogP contribution in [0.5, 0.6) is 0 Å². The zero-order valence-corrected chi connectivity index (χ0v) is 20.0. The Morgan fingerprint density at radius 1 is 0.886 bits per heavy atom. The number of carbonyl (C=O) groups is 2. The van der Waals surface area contributed by atoms with Gasteiger partial charge in [0.15, 0.2) is 0 Å². The van der Waals surface area contributed by atoms with Gasteiger partial charge in [0.05, 0.1) is 28.9 Å². The molecule has 3 aromatic carbocycles. The molecular formula is C25H19FN2O5S2. The van der Waals surface area contributed by atoms with Crippen molar-refractivity contribution in [3.05, 3.63) is 101 Å². The first-order valence-corrected chi connectivity index (χ1v) is 12.5. The Balaban J connectivity index is 1.65. The summed E-state index contributed by atoms with van der Waals surface area (Å²) < 4.78 is 46.0. The summed E-state index contributed by atoms with van der Waals surface area (Å²) in [4.78, 5) is 26.3. The van der Waals surface area contributed by atoms with E-state index in [9.17, 15) is 22.4 Å². The number of hydrogen-bond acceptors (Lipinski definition) is 6. The van der Waals surface area contributed by atoms with E-state index in [2.05, 4.69) is 10.0 Å². The number of hydrogen-bond donors (Lipinski definition) is 2. The molecule has 10 heteroatoms. The molecule has 1 heterocycles. The monoisotopic (exact) mass is 510 g/mol. The number of ether oxygens (including phenoxy) is 1. The number of thiophene rings is 1. The Bertz CT molecular complexity index is 1480. The highest BCUT2D eigenvalue weighted by atomic mass is 32.2. The van der Waals surface area contributed by atoms with E-state index >= 15 is 0 Å². The Hall–Kier alpha value is -4.02. The molecule has 1 aromatic heterocycles. The first-order chi connectivity index (χ1) is 16.8. The first-order valence-electron chi connectivity index (χ1n) is 10.2. The Kier molecular flexibility index (Phi) is 6.94. The predicted octanol–water partition coefficient (Wildman–Crippen LogP) is 5.39. The van der Waals surface area contributed by atoms with Crippen LogP contribution in [0, 0.1) is 5.82 Å². The van der Waals surface area contributed by atoms with Crippen LogP contribution in [0.4, 0.5) is 15.8 Å². The highest BCUT2D eigenvalue weighted by Crippen LogP contribution is 2.36. The summed E-state index contributed by atoms with van der Waals surface area (Å²) in [5.41, 5.74) is 1.14. The molecule has 0 aliphatic heterocycles. The lowest BCUT2D eigenvalue weighted by Gasteiger charge is -2.13. The standard InChI is InChI=1S/C25H19FN2O5S2/c1-33-25(30)23-21(15-22(34-23)16-7-3-2-4-8-16)27-24(29)19-9-5-6-10-20(19)28-35(31,32)18-13-11-17(26)12-14-18/h2-15,28H,1H3,(H,27,29). The average molecular weight is 511 g/mol.